The first-order valence-corrected chi connectivity index (χ1v) is 14.1. The summed E-state index contributed by atoms with van der Waals surface area (Å²) in [7, 11) is -3.20. The van der Waals surface area contributed by atoms with Gasteiger partial charge < -0.3 is 4.90 Å². The van der Waals surface area contributed by atoms with E-state index >= 15 is 0 Å². The molecule has 5 rings (SSSR count). The van der Waals surface area contributed by atoms with Gasteiger partial charge in [-0.3, -0.25) is 0 Å². The molecular weight excluding hydrogens is 392 g/mol. The number of likely N-dealkylation sites (tertiary alicyclic amines) is 1. The Hall–Kier alpha value is -0.910. The van der Waals surface area contributed by atoms with Gasteiger partial charge in [0.15, 0.2) is 0 Å². The summed E-state index contributed by atoms with van der Waals surface area (Å²) < 4.78 is 26.6. The molecule has 4 aliphatic rings. The SMILES string of the molecule is CS(=O)(=O)N[C@H]1CCC2(CCN(C3CCC4CC[C@@H](CC3)C4)CC2)c2ccccc21.[HH].[HH].[HH]. The summed E-state index contributed by atoms with van der Waals surface area (Å²) in [6.07, 6.45) is 15.9. The van der Waals surface area contributed by atoms with E-state index in [-0.39, 0.29) is 15.7 Å². The molecule has 30 heavy (non-hydrogen) atoms. The molecule has 1 saturated heterocycles. The number of hydrogen-bond donors (Lipinski definition) is 1. The zero-order chi connectivity index (χ0) is 20.8. The van der Waals surface area contributed by atoms with Crippen LogP contribution in [0.4, 0.5) is 0 Å². The Morgan fingerprint density at radius 1 is 0.933 bits per heavy atom. The Morgan fingerprint density at radius 3 is 2.23 bits per heavy atom. The van der Waals surface area contributed by atoms with Gasteiger partial charge in [0.1, 0.15) is 0 Å². The van der Waals surface area contributed by atoms with E-state index in [1.807, 2.05) is 0 Å². The van der Waals surface area contributed by atoms with Crippen LogP contribution in [0.5, 0.6) is 0 Å². The van der Waals surface area contributed by atoms with Crippen molar-refractivity contribution in [1.29, 1.82) is 0 Å². The fourth-order valence-corrected chi connectivity index (χ4v) is 8.04. The van der Waals surface area contributed by atoms with E-state index in [9.17, 15) is 8.42 Å². The molecule has 0 aromatic heterocycles. The van der Waals surface area contributed by atoms with Crippen LogP contribution in [0.25, 0.3) is 0 Å². The summed E-state index contributed by atoms with van der Waals surface area (Å²) in [5.41, 5.74) is 2.86. The number of sulfonamides is 1. The maximum atomic E-state index is 11.9. The van der Waals surface area contributed by atoms with Crippen LogP contribution < -0.4 is 4.72 Å². The number of rotatable bonds is 3. The molecule has 0 amide bonds. The van der Waals surface area contributed by atoms with Crippen molar-refractivity contribution in [2.45, 2.75) is 88.1 Å². The second-order valence-electron chi connectivity index (χ2n) is 10.7. The second-order valence-corrected chi connectivity index (χ2v) is 12.5. The quantitative estimate of drug-likeness (QED) is 0.680. The van der Waals surface area contributed by atoms with Crippen molar-refractivity contribution in [2.75, 3.05) is 19.3 Å². The Labute approximate surface area is 187 Å². The number of benzene rings is 1. The van der Waals surface area contributed by atoms with Crippen molar-refractivity contribution in [3.05, 3.63) is 35.4 Å². The van der Waals surface area contributed by atoms with E-state index in [0.717, 1.165) is 30.7 Å². The average molecular weight is 437 g/mol. The molecule has 3 aliphatic carbocycles. The first-order chi connectivity index (χ1) is 14.4. The molecule has 172 valence electrons. The fraction of sp³-hybridized carbons (Fsp3) is 0.760. The number of nitrogens with one attached hydrogen (secondary N) is 1. The number of piperidine rings is 1. The van der Waals surface area contributed by atoms with Crippen molar-refractivity contribution in [2.24, 2.45) is 11.8 Å². The van der Waals surface area contributed by atoms with Crippen LogP contribution >= 0.6 is 0 Å². The van der Waals surface area contributed by atoms with Gasteiger partial charge >= 0.3 is 0 Å². The zero-order valence-corrected chi connectivity index (χ0v) is 19.3. The van der Waals surface area contributed by atoms with Gasteiger partial charge in [0.2, 0.25) is 10.0 Å². The Balaban J connectivity index is 0.00000128. The monoisotopic (exact) mass is 436 g/mol. The van der Waals surface area contributed by atoms with Crippen LogP contribution in [-0.4, -0.2) is 38.7 Å². The molecule has 2 unspecified atom stereocenters. The van der Waals surface area contributed by atoms with E-state index in [1.165, 1.54) is 88.3 Å². The molecule has 1 aromatic carbocycles. The van der Waals surface area contributed by atoms with Gasteiger partial charge in [-0.15, -0.1) is 0 Å². The molecule has 1 heterocycles. The first kappa shape index (κ1) is 21.0. The molecule has 3 fully saturated rings. The minimum absolute atomic E-state index is 0. The highest BCUT2D eigenvalue weighted by molar-refractivity contribution is 7.88. The molecule has 1 aliphatic heterocycles. The van der Waals surface area contributed by atoms with Gasteiger partial charge in [-0.1, -0.05) is 37.1 Å². The molecule has 4 nitrogen and oxygen atoms in total. The topological polar surface area (TPSA) is 49.4 Å². The largest absolute Gasteiger partial charge is 0.300 e. The van der Waals surface area contributed by atoms with E-state index in [4.69, 9.17) is 0 Å². The van der Waals surface area contributed by atoms with E-state index < -0.39 is 10.0 Å². The summed E-state index contributed by atoms with van der Waals surface area (Å²) in [6, 6.07) is 9.35. The van der Waals surface area contributed by atoms with E-state index in [2.05, 4.69) is 33.9 Å². The van der Waals surface area contributed by atoms with Crippen molar-refractivity contribution >= 4 is 10.0 Å². The maximum absolute atomic E-state index is 11.9. The normalized spacial score (nSPS) is 34.3. The Morgan fingerprint density at radius 2 is 1.57 bits per heavy atom. The summed E-state index contributed by atoms with van der Waals surface area (Å²) >= 11 is 0. The minimum atomic E-state index is -3.20. The molecule has 4 atom stereocenters. The molecule has 0 radical (unpaired) electrons. The average Bonchev–Trinajstić information content (AvgIpc) is 3.20. The van der Waals surface area contributed by atoms with Crippen LogP contribution in [0, 0.1) is 11.8 Å². The molecule has 1 N–H and O–H groups in total. The molecule has 1 aromatic rings. The van der Waals surface area contributed by atoms with Crippen LogP contribution in [0.15, 0.2) is 24.3 Å². The number of nitrogens with zero attached hydrogens (tertiary/aromatic N) is 1. The molecule has 2 saturated carbocycles. The molecule has 2 bridgehead atoms. The summed E-state index contributed by atoms with van der Waals surface area (Å²) in [5, 5.41) is 0. The molecule has 1 spiro atoms. The van der Waals surface area contributed by atoms with Crippen molar-refractivity contribution in [3.8, 4) is 0 Å². The van der Waals surface area contributed by atoms with Gasteiger partial charge in [-0.25, -0.2) is 13.1 Å². The lowest BCUT2D eigenvalue weighted by atomic mass is 9.63. The lowest BCUT2D eigenvalue weighted by Crippen LogP contribution is -2.49. The van der Waals surface area contributed by atoms with Crippen molar-refractivity contribution < 1.29 is 12.7 Å². The van der Waals surface area contributed by atoms with Crippen LogP contribution in [0.1, 0.15) is 92.1 Å². The second kappa shape index (κ2) is 8.22. The third kappa shape index (κ3) is 4.22. The lowest BCUT2D eigenvalue weighted by molar-refractivity contribution is 0.0839. The summed E-state index contributed by atoms with van der Waals surface area (Å²) in [6.45, 7) is 2.41. The number of hydrogen-bond acceptors (Lipinski definition) is 3. The standard InChI is InChI=1S/C25H38N2O2S.3H2/c1-30(28,29)26-24-12-13-25(23-5-3-2-4-22(23)24)14-16-27(17-15-25)21-10-8-19-6-7-20(18-19)9-11-21;;;/h2-5,19-21,24,26H,6-18H2,1H3;3*1H/t19-,20?,21?,24-;;;/m0.../s1. The van der Waals surface area contributed by atoms with Gasteiger partial charge in [-0.2, -0.15) is 0 Å². The predicted octanol–water partition coefficient (Wildman–Crippen LogP) is 5.50. The third-order valence-corrected chi connectivity index (χ3v) is 9.63. The first-order valence-electron chi connectivity index (χ1n) is 12.2. The highest BCUT2D eigenvalue weighted by atomic mass is 32.2. The number of fused-ring (bicyclic) bond motifs is 4. The zero-order valence-electron chi connectivity index (χ0n) is 18.5. The summed E-state index contributed by atoms with van der Waals surface area (Å²) in [4.78, 5) is 2.82. The van der Waals surface area contributed by atoms with Crippen molar-refractivity contribution in [3.63, 3.8) is 0 Å². The van der Waals surface area contributed by atoms with Gasteiger partial charge in [0.25, 0.3) is 0 Å². The van der Waals surface area contributed by atoms with Crippen LogP contribution in [0.2, 0.25) is 0 Å². The Kier molecular flexibility index (Phi) is 5.74. The maximum Gasteiger partial charge on any atom is 0.209 e. The highest BCUT2D eigenvalue weighted by Gasteiger charge is 2.43. The Bertz CT molecular complexity index is 860. The highest BCUT2D eigenvalue weighted by Crippen LogP contribution is 2.49. The van der Waals surface area contributed by atoms with E-state index in [0.29, 0.717) is 0 Å². The molecule has 5 heteroatoms. The van der Waals surface area contributed by atoms with Crippen molar-refractivity contribution in [1.82, 2.24) is 9.62 Å². The van der Waals surface area contributed by atoms with Gasteiger partial charge in [0.05, 0.1) is 6.26 Å². The predicted molar refractivity (Wildman–Crippen MR) is 128 cm³/mol. The van der Waals surface area contributed by atoms with Gasteiger partial charge in [-0.05, 0) is 99.3 Å². The summed E-state index contributed by atoms with van der Waals surface area (Å²) in [5.74, 6) is 2.02. The fourth-order valence-electron chi connectivity index (χ4n) is 7.28. The lowest BCUT2D eigenvalue weighted by Gasteiger charge is -2.49. The third-order valence-electron chi connectivity index (χ3n) is 8.91. The van der Waals surface area contributed by atoms with Gasteiger partial charge in [0, 0.05) is 16.4 Å². The smallest absolute Gasteiger partial charge is 0.209 e. The van der Waals surface area contributed by atoms with E-state index in [1.54, 1.807) is 0 Å². The minimum Gasteiger partial charge on any atom is -0.300 e. The van der Waals surface area contributed by atoms with Crippen LogP contribution in [0.3, 0.4) is 0 Å². The molecular formula is C25H44N2O2S. The van der Waals surface area contributed by atoms with Crippen LogP contribution in [-0.2, 0) is 15.4 Å².